The van der Waals surface area contributed by atoms with Crippen LogP contribution in [-0.4, -0.2) is 22.0 Å². The molecule has 2 N–H and O–H groups in total. The molecule has 0 fully saturated rings. The average Bonchev–Trinajstić information content (AvgIpc) is 2.21. The van der Waals surface area contributed by atoms with E-state index in [0.29, 0.717) is 13.1 Å². The minimum Gasteiger partial charge on any atom is -0.351 e. The molecule has 0 aliphatic carbocycles. The zero-order valence-corrected chi connectivity index (χ0v) is 8.03. The summed E-state index contributed by atoms with van der Waals surface area (Å²) in [5.74, 6) is -0.299. The molecule has 1 amide bonds. The van der Waals surface area contributed by atoms with E-state index in [-0.39, 0.29) is 5.91 Å². The van der Waals surface area contributed by atoms with Crippen LogP contribution in [0.25, 0.3) is 0 Å². The van der Waals surface area contributed by atoms with Crippen LogP contribution in [0.3, 0.4) is 0 Å². The van der Waals surface area contributed by atoms with Gasteiger partial charge in [-0.25, -0.2) is 4.79 Å². The molecule has 0 radical (unpaired) electrons. The van der Waals surface area contributed by atoms with Crippen LogP contribution < -0.4 is 16.6 Å². The number of carbonyl (C=O) groups is 1. The molecule has 0 atom stereocenters. The molecule has 0 aromatic carbocycles. The lowest BCUT2D eigenvalue weighted by atomic mass is 10.5. The van der Waals surface area contributed by atoms with Gasteiger partial charge in [-0.05, 0) is 6.08 Å². The Hall–Kier alpha value is -2.11. The molecule has 0 saturated carbocycles. The number of hydrogen-bond donors (Lipinski definition) is 2. The Morgan fingerprint density at radius 3 is 2.93 bits per heavy atom. The number of nitrogens with one attached hydrogen (secondary N) is 2. The van der Waals surface area contributed by atoms with Crippen LogP contribution >= 0.6 is 0 Å². The number of amides is 1. The monoisotopic (exact) mass is 209 g/mol. The van der Waals surface area contributed by atoms with Gasteiger partial charge in [-0.3, -0.25) is 19.1 Å². The zero-order valence-electron chi connectivity index (χ0n) is 8.03. The minimum absolute atomic E-state index is 0.299. The first kappa shape index (κ1) is 11.0. The van der Waals surface area contributed by atoms with Gasteiger partial charge < -0.3 is 5.32 Å². The van der Waals surface area contributed by atoms with E-state index in [1.807, 2.05) is 0 Å². The van der Waals surface area contributed by atoms with Crippen LogP contribution in [0.15, 0.2) is 34.5 Å². The summed E-state index contributed by atoms with van der Waals surface area (Å²) < 4.78 is 1.30. The maximum Gasteiger partial charge on any atom is 0.328 e. The number of H-pyrrole nitrogens is 1. The minimum atomic E-state index is -0.490. The van der Waals surface area contributed by atoms with Gasteiger partial charge in [-0.1, -0.05) is 6.58 Å². The van der Waals surface area contributed by atoms with E-state index in [9.17, 15) is 14.4 Å². The third-order valence-corrected chi connectivity index (χ3v) is 1.73. The SMILES string of the molecule is C=CC(=O)NCCn1ccc(=O)[nH]c1=O. The lowest BCUT2D eigenvalue weighted by Crippen LogP contribution is -2.33. The Morgan fingerprint density at radius 2 is 2.33 bits per heavy atom. The van der Waals surface area contributed by atoms with E-state index in [0.717, 1.165) is 6.08 Å². The van der Waals surface area contributed by atoms with Crippen molar-refractivity contribution in [3.05, 3.63) is 45.8 Å². The van der Waals surface area contributed by atoms with E-state index in [4.69, 9.17) is 0 Å². The molecular formula is C9H11N3O3. The largest absolute Gasteiger partial charge is 0.351 e. The fourth-order valence-corrected chi connectivity index (χ4v) is 0.992. The van der Waals surface area contributed by atoms with Gasteiger partial charge in [0.25, 0.3) is 5.56 Å². The first-order chi connectivity index (χ1) is 7.13. The Labute approximate surface area is 85.3 Å². The van der Waals surface area contributed by atoms with Gasteiger partial charge >= 0.3 is 5.69 Å². The van der Waals surface area contributed by atoms with Gasteiger partial charge in [0.2, 0.25) is 5.91 Å². The second-order valence-corrected chi connectivity index (χ2v) is 2.80. The second-order valence-electron chi connectivity index (χ2n) is 2.80. The summed E-state index contributed by atoms with van der Waals surface area (Å²) in [6, 6.07) is 1.25. The van der Waals surface area contributed by atoms with Gasteiger partial charge in [0.1, 0.15) is 0 Å². The van der Waals surface area contributed by atoms with Crippen LogP contribution in [0.1, 0.15) is 0 Å². The summed E-state index contributed by atoms with van der Waals surface area (Å²) >= 11 is 0. The number of aromatic amines is 1. The van der Waals surface area contributed by atoms with Crippen molar-refractivity contribution in [3.8, 4) is 0 Å². The molecule has 0 bridgehead atoms. The van der Waals surface area contributed by atoms with E-state index in [2.05, 4.69) is 16.9 Å². The van der Waals surface area contributed by atoms with Crippen molar-refractivity contribution >= 4 is 5.91 Å². The highest BCUT2D eigenvalue weighted by molar-refractivity contribution is 5.86. The number of aromatic nitrogens is 2. The average molecular weight is 209 g/mol. The maximum atomic E-state index is 11.2. The zero-order chi connectivity index (χ0) is 11.3. The predicted molar refractivity (Wildman–Crippen MR) is 54.5 cm³/mol. The summed E-state index contributed by atoms with van der Waals surface area (Å²) in [6.07, 6.45) is 2.52. The van der Waals surface area contributed by atoms with Gasteiger partial charge in [-0.2, -0.15) is 0 Å². The molecule has 0 saturated heterocycles. The van der Waals surface area contributed by atoms with Crippen LogP contribution in [0.2, 0.25) is 0 Å². The quantitative estimate of drug-likeness (QED) is 0.613. The highest BCUT2D eigenvalue weighted by atomic mass is 16.2. The molecule has 0 aliphatic heterocycles. The van der Waals surface area contributed by atoms with Crippen molar-refractivity contribution < 1.29 is 4.79 Å². The first-order valence-electron chi connectivity index (χ1n) is 4.33. The Kier molecular flexibility index (Phi) is 3.61. The molecule has 0 aliphatic rings. The van der Waals surface area contributed by atoms with Crippen molar-refractivity contribution in [3.63, 3.8) is 0 Å². The third kappa shape index (κ3) is 3.26. The summed E-state index contributed by atoms with van der Waals surface area (Å²) in [7, 11) is 0. The number of hydrogen-bond acceptors (Lipinski definition) is 3. The molecule has 6 heteroatoms. The van der Waals surface area contributed by atoms with E-state index in [1.54, 1.807) is 0 Å². The van der Waals surface area contributed by atoms with Crippen LogP contribution in [0.5, 0.6) is 0 Å². The summed E-state index contributed by atoms with van der Waals surface area (Å²) in [6.45, 7) is 3.89. The fourth-order valence-electron chi connectivity index (χ4n) is 0.992. The van der Waals surface area contributed by atoms with Crippen molar-refractivity contribution in [2.24, 2.45) is 0 Å². The second kappa shape index (κ2) is 4.94. The molecule has 1 aromatic rings. The van der Waals surface area contributed by atoms with Crippen molar-refractivity contribution in [2.75, 3.05) is 6.54 Å². The van der Waals surface area contributed by atoms with Crippen molar-refractivity contribution in [1.82, 2.24) is 14.9 Å². The van der Waals surface area contributed by atoms with Gasteiger partial charge in [-0.15, -0.1) is 0 Å². The Bertz CT molecular complexity index is 472. The maximum absolute atomic E-state index is 11.2. The lowest BCUT2D eigenvalue weighted by molar-refractivity contribution is -0.116. The summed E-state index contributed by atoms with van der Waals surface area (Å²) in [4.78, 5) is 34.8. The number of carbonyl (C=O) groups excluding carboxylic acids is 1. The molecule has 1 aromatic heterocycles. The van der Waals surface area contributed by atoms with Gasteiger partial charge in [0.15, 0.2) is 0 Å². The van der Waals surface area contributed by atoms with E-state index in [1.165, 1.54) is 16.8 Å². The summed E-state index contributed by atoms with van der Waals surface area (Å²) in [5.41, 5.74) is -0.929. The highest BCUT2D eigenvalue weighted by Crippen LogP contribution is 1.75. The topological polar surface area (TPSA) is 84.0 Å². The third-order valence-electron chi connectivity index (χ3n) is 1.73. The first-order valence-corrected chi connectivity index (χ1v) is 4.33. The predicted octanol–water partition coefficient (Wildman–Crippen LogP) is -1.16. The Balaban J connectivity index is 2.58. The molecule has 0 spiro atoms. The van der Waals surface area contributed by atoms with Gasteiger partial charge in [0, 0.05) is 25.4 Å². The van der Waals surface area contributed by atoms with E-state index < -0.39 is 11.2 Å². The molecule has 80 valence electrons. The lowest BCUT2D eigenvalue weighted by Gasteiger charge is -2.04. The molecule has 6 nitrogen and oxygen atoms in total. The molecule has 1 heterocycles. The summed E-state index contributed by atoms with van der Waals surface area (Å²) in [5, 5.41) is 2.51. The van der Waals surface area contributed by atoms with Crippen molar-refractivity contribution in [2.45, 2.75) is 6.54 Å². The number of nitrogens with zero attached hydrogens (tertiary/aromatic N) is 1. The van der Waals surface area contributed by atoms with E-state index >= 15 is 0 Å². The standard InChI is InChI=1S/C9H11N3O3/c1-2-7(13)10-4-6-12-5-3-8(14)11-9(12)15/h2-3,5H,1,4,6H2,(H,10,13)(H,11,14,15). The van der Waals surface area contributed by atoms with Crippen LogP contribution in [-0.2, 0) is 11.3 Å². The molecule has 15 heavy (non-hydrogen) atoms. The van der Waals surface area contributed by atoms with Gasteiger partial charge in [0.05, 0.1) is 0 Å². The normalized spacial score (nSPS) is 9.60. The smallest absolute Gasteiger partial charge is 0.328 e. The highest BCUT2D eigenvalue weighted by Gasteiger charge is 1.97. The van der Waals surface area contributed by atoms with Crippen LogP contribution in [0.4, 0.5) is 0 Å². The number of rotatable bonds is 4. The molecule has 1 rings (SSSR count). The van der Waals surface area contributed by atoms with Crippen LogP contribution in [0, 0.1) is 0 Å². The molecular weight excluding hydrogens is 198 g/mol. The fraction of sp³-hybridized carbons (Fsp3) is 0.222. The molecule has 0 unspecified atom stereocenters. The van der Waals surface area contributed by atoms with Crippen molar-refractivity contribution in [1.29, 1.82) is 0 Å². The Morgan fingerprint density at radius 1 is 1.60 bits per heavy atom.